The van der Waals surface area contributed by atoms with Crippen LogP contribution in [-0.4, -0.2) is 90.1 Å². The number of likely N-dealkylation sites (tertiary alicyclic amines) is 1. The molecule has 1 aliphatic carbocycles. The van der Waals surface area contributed by atoms with Gasteiger partial charge in [0.25, 0.3) is 5.91 Å². The van der Waals surface area contributed by atoms with Crippen molar-refractivity contribution in [2.24, 2.45) is 34.8 Å². The van der Waals surface area contributed by atoms with Crippen molar-refractivity contribution in [1.82, 2.24) is 25.8 Å². The summed E-state index contributed by atoms with van der Waals surface area (Å²) in [5.41, 5.74) is 4.53. The number of primary amides is 1. The third-order valence-electron chi connectivity index (χ3n) is 8.04. The van der Waals surface area contributed by atoms with Crippen LogP contribution in [0.15, 0.2) is 0 Å². The Balaban J connectivity index is 2.32. The molecule has 2 fully saturated rings. The van der Waals surface area contributed by atoms with Crippen LogP contribution in [0.1, 0.15) is 74.1 Å². The summed E-state index contributed by atoms with van der Waals surface area (Å²) in [6.45, 7) is 13.3. The summed E-state index contributed by atoms with van der Waals surface area (Å²) in [6, 6.07) is -4.40. The minimum atomic E-state index is -1.11. The molecule has 41 heavy (non-hydrogen) atoms. The molecule has 1 aliphatic heterocycles. The minimum absolute atomic E-state index is 0.0467. The molecule has 5 atom stereocenters. The van der Waals surface area contributed by atoms with E-state index in [0.717, 1.165) is 12.8 Å². The molecule has 12 heteroatoms. The summed E-state index contributed by atoms with van der Waals surface area (Å²) >= 11 is 0. The molecule has 2 unspecified atom stereocenters. The molecule has 1 saturated carbocycles. The smallest absolute Gasteiger partial charge is 0.316 e. The number of hydrogen-bond donors (Lipinski definition) is 4. The Hall–Kier alpha value is -3.18. The van der Waals surface area contributed by atoms with Crippen molar-refractivity contribution >= 4 is 35.4 Å². The van der Waals surface area contributed by atoms with Gasteiger partial charge < -0.3 is 31.5 Å². The molecule has 5 N–H and O–H groups in total. The van der Waals surface area contributed by atoms with E-state index in [4.69, 9.17) is 5.73 Å². The number of amides is 6. The first kappa shape index (κ1) is 34.0. The third-order valence-corrected chi connectivity index (χ3v) is 8.04. The van der Waals surface area contributed by atoms with Gasteiger partial charge in [-0.15, -0.1) is 0 Å². The standard InChI is InChI=1S/C29H50N6O6/c1-15(2)18-12-13-35(21(18)25(38)31-19(14-17-10-11-17)22(36)24(30)37)27(40)23(29(5,6)7)33-28(41)32-20(16(3)4)26(39)34(8)9/h15-21,23H,10-14H2,1-9H3,(H2,30,37)(H,31,38)(H2,32,33,41)/t18?,19?,20-,21-,23+/m0/s1. The van der Waals surface area contributed by atoms with E-state index >= 15 is 0 Å². The van der Waals surface area contributed by atoms with Crippen LogP contribution < -0.4 is 21.7 Å². The second-order valence-electron chi connectivity index (χ2n) is 13.5. The number of carbonyl (C=O) groups is 6. The molecule has 0 aromatic carbocycles. The van der Waals surface area contributed by atoms with Gasteiger partial charge in [-0.2, -0.15) is 0 Å². The quantitative estimate of drug-likeness (QED) is 0.252. The van der Waals surface area contributed by atoms with Crippen LogP contribution in [0.3, 0.4) is 0 Å². The highest BCUT2D eigenvalue weighted by Crippen LogP contribution is 2.35. The number of Topliss-reactive ketones (excluding diaryl/α,β-unsaturated/α-hetero) is 1. The first-order chi connectivity index (χ1) is 18.9. The highest BCUT2D eigenvalue weighted by Gasteiger charge is 2.48. The van der Waals surface area contributed by atoms with Gasteiger partial charge in [-0.25, -0.2) is 4.79 Å². The lowest BCUT2D eigenvalue weighted by Crippen LogP contribution is -2.62. The van der Waals surface area contributed by atoms with Crippen LogP contribution in [0, 0.1) is 29.1 Å². The molecule has 0 aromatic heterocycles. The van der Waals surface area contributed by atoms with E-state index in [0.29, 0.717) is 19.4 Å². The predicted octanol–water partition coefficient (Wildman–Crippen LogP) is 1.03. The Bertz CT molecular complexity index is 1020. The largest absolute Gasteiger partial charge is 0.363 e. The van der Waals surface area contributed by atoms with Gasteiger partial charge in [-0.3, -0.25) is 24.0 Å². The molecule has 232 valence electrons. The molecule has 12 nitrogen and oxygen atoms in total. The highest BCUT2D eigenvalue weighted by molar-refractivity contribution is 6.37. The first-order valence-corrected chi connectivity index (χ1v) is 14.6. The van der Waals surface area contributed by atoms with Crippen LogP contribution in [0.2, 0.25) is 0 Å². The van der Waals surface area contributed by atoms with Gasteiger partial charge in [-0.05, 0) is 41.9 Å². The van der Waals surface area contributed by atoms with Crippen molar-refractivity contribution in [2.45, 2.75) is 98.3 Å². The van der Waals surface area contributed by atoms with Crippen molar-refractivity contribution in [1.29, 1.82) is 0 Å². The molecule has 0 aromatic rings. The Labute approximate surface area is 243 Å². The van der Waals surface area contributed by atoms with E-state index in [2.05, 4.69) is 16.0 Å². The van der Waals surface area contributed by atoms with Crippen LogP contribution in [0.4, 0.5) is 4.79 Å². The zero-order valence-electron chi connectivity index (χ0n) is 26.1. The Kier molecular flexibility index (Phi) is 11.3. The third kappa shape index (κ3) is 8.90. The van der Waals surface area contributed by atoms with Crippen molar-refractivity contribution in [3.63, 3.8) is 0 Å². The number of nitrogens with two attached hydrogens (primary N) is 1. The number of urea groups is 1. The molecule has 0 spiro atoms. The van der Waals surface area contributed by atoms with Gasteiger partial charge in [0.2, 0.25) is 23.5 Å². The van der Waals surface area contributed by atoms with Gasteiger partial charge in [0.05, 0.1) is 6.04 Å². The minimum Gasteiger partial charge on any atom is -0.363 e. The van der Waals surface area contributed by atoms with Crippen LogP contribution in [0.5, 0.6) is 0 Å². The van der Waals surface area contributed by atoms with Gasteiger partial charge in [0, 0.05) is 20.6 Å². The van der Waals surface area contributed by atoms with E-state index in [1.54, 1.807) is 14.1 Å². The Morgan fingerprint density at radius 1 is 0.927 bits per heavy atom. The molecular formula is C29H50N6O6. The lowest BCUT2D eigenvalue weighted by Gasteiger charge is -2.37. The fourth-order valence-electron chi connectivity index (χ4n) is 5.36. The normalized spacial score (nSPS) is 21.2. The van der Waals surface area contributed by atoms with Crippen molar-refractivity contribution in [3.05, 3.63) is 0 Å². The number of ketones is 1. The topological polar surface area (TPSA) is 171 Å². The summed E-state index contributed by atoms with van der Waals surface area (Å²) in [5.74, 6) is -3.26. The summed E-state index contributed by atoms with van der Waals surface area (Å²) in [4.78, 5) is 80.6. The average Bonchev–Trinajstić information content (AvgIpc) is 3.56. The summed E-state index contributed by atoms with van der Waals surface area (Å²) in [7, 11) is 3.21. The van der Waals surface area contributed by atoms with Crippen molar-refractivity contribution < 1.29 is 28.8 Å². The molecule has 0 bridgehead atoms. The second kappa shape index (κ2) is 13.7. The summed E-state index contributed by atoms with van der Waals surface area (Å²) in [5, 5.41) is 8.21. The van der Waals surface area contributed by atoms with Gasteiger partial charge in [0.15, 0.2) is 0 Å². The van der Waals surface area contributed by atoms with Crippen LogP contribution in [-0.2, 0) is 24.0 Å². The van der Waals surface area contributed by atoms with E-state index in [9.17, 15) is 28.8 Å². The molecular weight excluding hydrogens is 528 g/mol. The monoisotopic (exact) mass is 578 g/mol. The Morgan fingerprint density at radius 3 is 1.95 bits per heavy atom. The van der Waals surface area contributed by atoms with E-state index in [1.165, 1.54) is 9.80 Å². The van der Waals surface area contributed by atoms with Crippen molar-refractivity contribution in [2.75, 3.05) is 20.6 Å². The predicted molar refractivity (Wildman–Crippen MR) is 154 cm³/mol. The zero-order chi connectivity index (χ0) is 31.4. The SMILES string of the molecule is CC(C)C1CCN(C(=O)[C@@H](NC(=O)N[C@H](C(=O)N(C)C)C(C)C)C(C)(C)C)[C@@H]1C(=O)NC(CC1CC1)C(=O)C(N)=O. The highest BCUT2D eigenvalue weighted by atomic mass is 16.2. The van der Waals surface area contributed by atoms with Gasteiger partial charge in [-0.1, -0.05) is 61.3 Å². The maximum absolute atomic E-state index is 14.1. The number of nitrogens with one attached hydrogen (secondary N) is 3. The van der Waals surface area contributed by atoms with Gasteiger partial charge in [0.1, 0.15) is 18.1 Å². The van der Waals surface area contributed by atoms with Crippen LogP contribution >= 0.6 is 0 Å². The molecule has 2 aliphatic rings. The first-order valence-electron chi connectivity index (χ1n) is 14.6. The molecule has 1 heterocycles. The molecule has 2 rings (SSSR count). The summed E-state index contributed by atoms with van der Waals surface area (Å²) < 4.78 is 0. The molecule has 6 amide bonds. The van der Waals surface area contributed by atoms with Crippen LogP contribution in [0.25, 0.3) is 0 Å². The van der Waals surface area contributed by atoms with E-state index in [-0.39, 0.29) is 29.6 Å². The lowest BCUT2D eigenvalue weighted by molar-refractivity contribution is -0.144. The van der Waals surface area contributed by atoms with Crippen molar-refractivity contribution in [3.8, 4) is 0 Å². The fourth-order valence-corrected chi connectivity index (χ4v) is 5.36. The number of carbonyl (C=O) groups excluding carboxylic acids is 6. The fraction of sp³-hybridized carbons (Fsp3) is 0.793. The zero-order valence-corrected chi connectivity index (χ0v) is 26.1. The number of rotatable bonds is 12. The maximum Gasteiger partial charge on any atom is 0.316 e. The Morgan fingerprint density at radius 2 is 1.51 bits per heavy atom. The van der Waals surface area contributed by atoms with Gasteiger partial charge >= 0.3 is 6.03 Å². The number of hydrogen-bond acceptors (Lipinski definition) is 6. The second-order valence-corrected chi connectivity index (χ2v) is 13.5. The van der Waals surface area contributed by atoms with E-state index in [1.807, 2.05) is 48.5 Å². The number of likely N-dealkylation sites (N-methyl/N-ethyl adjacent to an activating group) is 1. The average molecular weight is 579 g/mol. The number of nitrogens with zero attached hydrogens (tertiary/aromatic N) is 2. The summed E-state index contributed by atoms with van der Waals surface area (Å²) in [6.07, 6.45) is 2.73. The van der Waals surface area contributed by atoms with E-state index < -0.39 is 59.1 Å². The lowest BCUT2D eigenvalue weighted by atomic mass is 9.84. The molecule has 0 radical (unpaired) electrons. The molecule has 1 saturated heterocycles. The maximum atomic E-state index is 14.1.